The smallest absolute Gasteiger partial charge is 0.170 e. The van der Waals surface area contributed by atoms with Crippen LogP contribution in [0.15, 0.2) is 70.1 Å². The average molecular weight is 530 g/mol. The molecule has 0 saturated heterocycles. The molecule has 0 aliphatic heterocycles. The van der Waals surface area contributed by atoms with Gasteiger partial charge in [0.25, 0.3) is 0 Å². The highest BCUT2D eigenvalue weighted by atomic mass is 79.9. The van der Waals surface area contributed by atoms with Gasteiger partial charge in [0.05, 0.1) is 16.7 Å². The van der Waals surface area contributed by atoms with Crippen LogP contribution in [-0.2, 0) is 12.8 Å². The highest BCUT2D eigenvalue weighted by molar-refractivity contribution is 9.10. The average Bonchev–Trinajstić information content (AvgIpc) is 3.56. The van der Waals surface area contributed by atoms with E-state index in [0.717, 1.165) is 55.0 Å². The Labute approximate surface area is 205 Å². The number of aromatic nitrogens is 5. The lowest BCUT2D eigenvalue weighted by molar-refractivity contribution is 0.443. The van der Waals surface area contributed by atoms with Crippen molar-refractivity contribution < 1.29 is 14.0 Å². The van der Waals surface area contributed by atoms with Crippen molar-refractivity contribution in [3.63, 3.8) is 0 Å². The van der Waals surface area contributed by atoms with E-state index < -0.39 is 0 Å². The Balaban J connectivity index is 1.36. The second-order valence-corrected chi connectivity index (χ2v) is 9.49. The Morgan fingerprint density at radius 1 is 0.971 bits per heavy atom. The van der Waals surface area contributed by atoms with Crippen LogP contribution < -0.4 is 0 Å². The van der Waals surface area contributed by atoms with E-state index in [4.69, 9.17) is 4.52 Å². The summed E-state index contributed by atoms with van der Waals surface area (Å²) in [6.45, 7) is 0. The number of para-hydroxylation sites is 1. The summed E-state index contributed by atoms with van der Waals surface area (Å²) in [5, 5.41) is 26.9. The maximum absolute atomic E-state index is 13.4. The lowest BCUT2D eigenvalue weighted by Gasteiger charge is -2.08. The summed E-state index contributed by atoms with van der Waals surface area (Å²) >= 11 is 3.68. The molecule has 0 aliphatic carbocycles. The summed E-state index contributed by atoms with van der Waals surface area (Å²) in [4.78, 5) is 0. The van der Waals surface area contributed by atoms with E-state index >= 15 is 0 Å². The summed E-state index contributed by atoms with van der Waals surface area (Å²) in [7, 11) is 0. The fourth-order valence-electron chi connectivity index (χ4n) is 5.03. The normalized spacial score (nSPS) is 12.2. The number of benzene rings is 3. The highest BCUT2D eigenvalue weighted by Gasteiger charge is 2.18. The summed E-state index contributed by atoms with van der Waals surface area (Å²) in [5.41, 5.74) is 5.23. The molecule has 0 amide bonds. The van der Waals surface area contributed by atoms with Gasteiger partial charge < -0.3 is 14.0 Å². The zero-order valence-corrected chi connectivity index (χ0v) is 19.8. The molecule has 3 aromatic carbocycles. The monoisotopic (exact) mass is 529 g/mol. The third kappa shape index (κ3) is 2.97. The first-order valence-corrected chi connectivity index (χ1v) is 12.0. The molecule has 7 nitrogen and oxygen atoms in total. The highest BCUT2D eigenvalue weighted by Crippen LogP contribution is 2.37. The quantitative estimate of drug-likeness (QED) is 0.293. The molecule has 172 valence electrons. The molecular formula is C26H17BrFN5O2. The first-order valence-electron chi connectivity index (χ1n) is 11.2. The molecule has 9 heteroatoms. The van der Waals surface area contributed by atoms with Gasteiger partial charge in [-0.3, -0.25) is 4.40 Å². The van der Waals surface area contributed by atoms with Crippen molar-refractivity contribution in [1.82, 2.24) is 24.2 Å². The van der Waals surface area contributed by atoms with Gasteiger partial charge in [0.2, 0.25) is 0 Å². The Bertz CT molecular complexity index is 1940. The lowest BCUT2D eigenvalue weighted by atomic mass is 10.0. The molecule has 0 spiro atoms. The third-order valence-electron chi connectivity index (χ3n) is 6.65. The van der Waals surface area contributed by atoms with E-state index in [0.29, 0.717) is 23.9 Å². The van der Waals surface area contributed by atoms with Crippen molar-refractivity contribution in [2.45, 2.75) is 19.3 Å². The van der Waals surface area contributed by atoms with Crippen molar-refractivity contribution >= 4 is 59.9 Å². The molecule has 35 heavy (non-hydrogen) atoms. The molecule has 0 atom stereocenters. The maximum Gasteiger partial charge on any atom is 0.170 e. The number of phenolic OH excluding ortho intramolecular Hbond substituents is 1. The van der Waals surface area contributed by atoms with Gasteiger partial charge in [-0.05, 0) is 65.0 Å². The lowest BCUT2D eigenvalue weighted by Crippen LogP contribution is -1.95. The van der Waals surface area contributed by atoms with Gasteiger partial charge in [-0.15, -0.1) is 10.2 Å². The molecule has 7 rings (SSSR count). The molecular weight excluding hydrogens is 513 g/mol. The van der Waals surface area contributed by atoms with Gasteiger partial charge in [0, 0.05) is 32.9 Å². The fraction of sp³-hybridized carbons (Fsp3) is 0.115. The third-order valence-corrected chi connectivity index (χ3v) is 7.28. The van der Waals surface area contributed by atoms with Gasteiger partial charge in [0.15, 0.2) is 11.2 Å². The number of aryl methyl sites for hydroxylation is 2. The van der Waals surface area contributed by atoms with Gasteiger partial charge in [-0.2, -0.15) is 0 Å². The molecule has 0 fully saturated rings. The van der Waals surface area contributed by atoms with Crippen LogP contribution in [0.2, 0.25) is 0 Å². The van der Waals surface area contributed by atoms with E-state index in [2.05, 4.69) is 31.3 Å². The van der Waals surface area contributed by atoms with Crippen molar-refractivity contribution in [1.29, 1.82) is 0 Å². The van der Waals surface area contributed by atoms with Crippen LogP contribution in [0.4, 0.5) is 4.39 Å². The number of rotatable bonds is 4. The van der Waals surface area contributed by atoms with Gasteiger partial charge in [0.1, 0.15) is 23.4 Å². The van der Waals surface area contributed by atoms with Crippen LogP contribution >= 0.6 is 15.9 Å². The Morgan fingerprint density at radius 3 is 2.77 bits per heavy atom. The Morgan fingerprint density at radius 2 is 1.86 bits per heavy atom. The number of hydrogen-bond acceptors (Lipinski definition) is 5. The van der Waals surface area contributed by atoms with Crippen molar-refractivity contribution in [2.24, 2.45) is 0 Å². The number of nitrogens with zero attached hydrogens (tertiary/aromatic N) is 5. The van der Waals surface area contributed by atoms with Gasteiger partial charge in [-0.25, -0.2) is 4.39 Å². The predicted molar refractivity (Wildman–Crippen MR) is 134 cm³/mol. The van der Waals surface area contributed by atoms with Gasteiger partial charge in [-0.1, -0.05) is 23.4 Å². The summed E-state index contributed by atoms with van der Waals surface area (Å²) < 4.78 is 23.6. The molecule has 0 saturated carbocycles. The number of halogens is 2. The molecule has 1 N–H and O–H groups in total. The standard InChI is InChI=1S/C26H17BrFN5O2/c27-19-12-32-23-16(19)4-2-5-18(23)26-30-29-13-33(26)21-10-7-14(25(34)24(21)32)3-1-6-20-17-9-8-15(28)11-22(17)35-31-20/h2,4-5,7-13,34H,1,3,6H2. The molecule has 0 unspecified atom stereocenters. The van der Waals surface area contributed by atoms with Crippen molar-refractivity contribution in [2.75, 3.05) is 0 Å². The maximum atomic E-state index is 13.4. The number of fused-ring (bicyclic) bond motifs is 6. The summed E-state index contributed by atoms with van der Waals surface area (Å²) in [6, 6.07) is 14.4. The Kier molecular flexibility index (Phi) is 4.38. The fourth-order valence-corrected chi connectivity index (χ4v) is 5.55. The van der Waals surface area contributed by atoms with Crippen LogP contribution in [-0.4, -0.2) is 29.3 Å². The number of phenols is 1. The zero-order valence-electron chi connectivity index (χ0n) is 18.2. The van der Waals surface area contributed by atoms with Crippen molar-refractivity contribution in [3.05, 3.63) is 82.6 Å². The van der Waals surface area contributed by atoms with Crippen molar-refractivity contribution in [3.8, 4) is 5.75 Å². The van der Waals surface area contributed by atoms with Gasteiger partial charge >= 0.3 is 0 Å². The Hall–Kier alpha value is -3.98. The summed E-state index contributed by atoms with van der Waals surface area (Å²) in [6.07, 6.45) is 5.68. The molecule has 0 aliphatic rings. The molecule has 4 aromatic heterocycles. The zero-order chi connectivity index (χ0) is 23.7. The van der Waals surface area contributed by atoms with E-state index in [-0.39, 0.29) is 11.6 Å². The topological polar surface area (TPSA) is 80.9 Å². The number of aromatic hydroxyl groups is 1. The second-order valence-electron chi connectivity index (χ2n) is 8.64. The largest absolute Gasteiger partial charge is 0.505 e. The van der Waals surface area contributed by atoms with E-state index in [1.54, 1.807) is 12.4 Å². The first-order chi connectivity index (χ1) is 17.1. The summed E-state index contributed by atoms with van der Waals surface area (Å²) in [5.74, 6) is -0.131. The van der Waals surface area contributed by atoms with Crippen LogP contribution in [0.5, 0.6) is 5.75 Å². The van der Waals surface area contributed by atoms with E-state index in [9.17, 15) is 9.50 Å². The van der Waals surface area contributed by atoms with Crippen LogP contribution in [0.3, 0.4) is 0 Å². The van der Waals surface area contributed by atoms with Crippen LogP contribution in [0.25, 0.3) is 43.9 Å². The van der Waals surface area contributed by atoms with Crippen LogP contribution in [0.1, 0.15) is 17.7 Å². The van der Waals surface area contributed by atoms with E-state index in [1.165, 1.54) is 12.1 Å². The molecule has 0 radical (unpaired) electrons. The first kappa shape index (κ1) is 20.4. The number of hydrogen-bond donors (Lipinski definition) is 1. The minimum Gasteiger partial charge on any atom is -0.505 e. The SMILES string of the molecule is Oc1c(CCCc2noc3cc(F)ccc23)ccc2c1n1cc(Br)c3cccc(c4nncn24)c31. The van der Waals surface area contributed by atoms with E-state index in [1.807, 2.05) is 45.3 Å². The minimum absolute atomic E-state index is 0.218. The van der Waals surface area contributed by atoms with Crippen LogP contribution in [0, 0.1) is 5.82 Å². The second kappa shape index (κ2) is 7.51. The molecule has 0 bridgehead atoms. The minimum atomic E-state index is -0.348. The molecule has 7 aromatic rings. The predicted octanol–water partition coefficient (Wildman–Crippen LogP) is 6.21. The molecule has 4 heterocycles.